The number of rotatable bonds is 8. The Morgan fingerprint density at radius 1 is 1.17 bits per heavy atom. The van der Waals surface area contributed by atoms with E-state index in [4.69, 9.17) is 5.73 Å². The third kappa shape index (κ3) is 8.51. The number of nitrogens with one attached hydrogen (secondary N) is 1. The van der Waals surface area contributed by atoms with Crippen molar-refractivity contribution in [2.75, 3.05) is 6.54 Å². The van der Waals surface area contributed by atoms with Crippen LogP contribution in [0.4, 0.5) is 0 Å². The molecule has 18 heavy (non-hydrogen) atoms. The van der Waals surface area contributed by atoms with Gasteiger partial charge < -0.3 is 11.1 Å². The molecule has 0 heterocycles. The second-order valence-corrected chi connectivity index (χ2v) is 6.54. The van der Waals surface area contributed by atoms with Crippen LogP contribution in [-0.2, 0) is 4.79 Å². The minimum Gasteiger partial charge on any atom is -0.354 e. The number of nitrogens with two attached hydrogens (primary N) is 1. The van der Waals surface area contributed by atoms with Gasteiger partial charge in [-0.2, -0.15) is 0 Å². The maximum atomic E-state index is 12.0. The van der Waals surface area contributed by atoms with Crippen LogP contribution in [-0.4, -0.2) is 18.5 Å². The summed E-state index contributed by atoms with van der Waals surface area (Å²) in [7, 11) is 0. The van der Waals surface area contributed by atoms with Crippen LogP contribution in [0, 0.1) is 11.3 Å². The molecule has 0 aliphatic heterocycles. The lowest BCUT2D eigenvalue weighted by atomic mass is 9.88. The highest BCUT2D eigenvalue weighted by atomic mass is 16.1. The lowest BCUT2D eigenvalue weighted by Crippen LogP contribution is -2.41. The number of carbonyl (C=O) groups excluding carboxylic acids is 1. The largest absolute Gasteiger partial charge is 0.354 e. The highest BCUT2D eigenvalue weighted by Crippen LogP contribution is 2.19. The van der Waals surface area contributed by atoms with Gasteiger partial charge in [0, 0.05) is 18.5 Å². The number of amides is 1. The summed E-state index contributed by atoms with van der Waals surface area (Å²) in [5.41, 5.74) is 6.26. The Labute approximate surface area is 113 Å². The van der Waals surface area contributed by atoms with Gasteiger partial charge in [0.05, 0.1) is 0 Å². The van der Waals surface area contributed by atoms with E-state index in [0.717, 1.165) is 32.1 Å². The number of carbonyl (C=O) groups is 1. The standard InChI is InChI=1S/C15H32N2O/c1-6-8-12(9-7-2)14(18)17-11-13(16)10-15(3,4)5/h12-13H,6-11,16H2,1-5H3,(H,17,18). The lowest BCUT2D eigenvalue weighted by Gasteiger charge is -2.24. The Kier molecular flexibility index (Phi) is 8.25. The van der Waals surface area contributed by atoms with Crippen molar-refractivity contribution in [3.63, 3.8) is 0 Å². The molecule has 1 atom stereocenters. The molecule has 0 aliphatic rings. The van der Waals surface area contributed by atoms with Gasteiger partial charge in [0.15, 0.2) is 0 Å². The molecule has 0 rings (SSSR count). The molecule has 3 heteroatoms. The van der Waals surface area contributed by atoms with Crippen LogP contribution in [0.1, 0.15) is 66.7 Å². The zero-order valence-corrected chi connectivity index (χ0v) is 12.9. The van der Waals surface area contributed by atoms with Crippen molar-refractivity contribution in [1.29, 1.82) is 0 Å². The van der Waals surface area contributed by atoms with Gasteiger partial charge in [-0.05, 0) is 24.7 Å². The van der Waals surface area contributed by atoms with E-state index in [2.05, 4.69) is 39.9 Å². The number of hydrogen-bond donors (Lipinski definition) is 2. The Bertz CT molecular complexity index is 227. The average Bonchev–Trinajstić information content (AvgIpc) is 2.23. The normalized spacial score (nSPS) is 13.7. The van der Waals surface area contributed by atoms with Crippen LogP contribution in [0.25, 0.3) is 0 Å². The maximum absolute atomic E-state index is 12.0. The van der Waals surface area contributed by atoms with Gasteiger partial charge in [0.2, 0.25) is 5.91 Å². The van der Waals surface area contributed by atoms with Gasteiger partial charge >= 0.3 is 0 Å². The SMILES string of the molecule is CCCC(CCC)C(=O)NCC(N)CC(C)(C)C. The Hall–Kier alpha value is -0.570. The average molecular weight is 256 g/mol. The molecule has 0 aromatic rings. The predicted molar refractivity (Wildman–Crippen MR) is 78.4 cm³/mol. The summed E-state index contributed by atoms with van der Waals surface area (Å²) in [6.07, 6.45) is 5.01. The fourth-order valence-electron chi connectivity index (χ4n) is 2.34. The summed E-state index contributed by atoms with van der Waals surface area (Å²) < 4.78 is 0. The van der Waals surface area contributed by atoms with Gasteiger partial charge in [-0.3, -0.25) is 4.79 Å². The summed E-state index contributed by atoms with van der Waals surface area (Å²) >= 11 is 0. The van der Waals surface area contributed by atoms with E-state index in [1.807, 2.05) is 0 Å². The summed E-state index contributed by atoms with van der Waals surface area (Å²) in [5.74, 6) is 0.352. The molecule has 0 saturated carbocycles. The summed E-state index contributed by atoms with van der Waals surface area (Å²) in [6.45, 7) is 11.4. The second-order valence-electron chi connectivity index (χ2n) is 6.54. The van der Waals surface area contributed by atoms with Crippen molar-refractivity contribution in [3.05, 3.63) is 0 Å². The van der Waals surface area contributed by atoms with Crippen molar-refractivity contribution in [1.82, 2.24) is 5.32 Å². The van der Waals surface area contributed by atoms with Crippen LogP contribution in [0.3, 0.4) is 0 Å². The highest BCUT2D eigenvalue weighted by Gasteiger charge is 2.19. The minimum atomic E-state index is 0.0536. The first-order chi connectivity index (χ1) is 8.30. The third-order valence-electron chi connectivity index (χ3n) is 3.06. The molecule has 0 aromatic carbocycles. The summed E-state index contributed by atoms with van der Waals surface area (Å²) in [6, 6.07) is 0.0536. The lowest BCUT2D eigenvalue weighted by molar-refractivity contribution is -0.125. The molecule has 0 fully saturated rings. The molecule has 1 amide bonds. The van der Waals surface area contributed by atoms with Crippen LogP contribution in [0.5, 0.6) is 0 Å². The molecule has 3 nitrogen and oxygen atoms in total. The van der Waals surface area contributed by atoms with Gasteiger partial charge in [0.1, 0.15) is 0 Å². The molecule has 3 N–H and O–H groups in total. The van der Waals surface area contributed by atoms with E-state index in [0.29, 0.717) is 6.54 Å². The van der Waals surface area contributed by atoms with Crippen molar-refractivity contribution < 1.29 is 4.79 Å². The Morgan fingerprint density at radius 3 is 2.06 bits per heavy atom. The minimum absolute atomic E-state index is 0.0536. The molecule has 0 bridgehead atoms. The van der Waals surface area contributed by atoms with E-state index in [9.17, 15) is 4.79 Å². The first-order valence-electron chi connectivity index (χ1n) is 7.33. The smallest absolute Gasteiger partial charge is 0.223 e. The van der Waals surface area contributed by atoms with Crippen molar-refractivity contribution >= 4 is 5.91 Å². The monoisotopic (exact) mass is 256 g/mol. The van der Waals surface area contributed by atoms with Gasteiger partial charge in [0.25, 0.3) is 0 Å². The third-order valence-corrected chi connectivity index (χ3v) is 3.06. The molecule has 0 spiro atoms. The quantitative estimate of drug-likeness (QED) is 0.701. The van der Waals surface area contributed by atoms with Crippen LogP contribution < -0.4 is 11.1 Å². The van der Waals surface area contributed by atoms with Crippen LogP contribution >= 0.6 is 0 Å². The summed E-state index contributed by atoms with van der Waals surface area (Å²) in [4.78, 5) is 12.0. The molecule has 0 saturated heterocycles. The molecular formula is C15H32N2O. The molecule has 0 aromatic heterocycles. The van der Waals surface area contributed by atoms with E-state index >= 15 is 0 Å². The van der Waals surface area contributed by atoms with E-state index in [1.165, 1.54) is 0 Å². The van der Waals surface area contributed by atoms with Gasteiger partial charge in [-0.15, -0.1) is 0 Å². The topological polar surface area (TPSA) is 55.1 Å². The van der Waals surface area contributed by atoms with Crippen LogP contribution in [0.2, 0.25) is 0 Å². The molecule has 1 unspecified atom stereocenters. The van der Waals surface area contributed by atoms with Crippen molar-refractivity contribution in [3.8, 4) is 0 Å². The fourth-order valence-corrected chi connectivity index (χ4v) is 2.34. The first kappa shape index (κ1) is 17.4. The molecular weight excluding hydrogens is 224 g/mol. The Morgan fingerprint density at radius 2 is 1.67 bits per heavy atom. The first-order valence-corrected chi connectivity index (χ1v) is 7.33. The zero-order chi connectivity index (χ0) is 14.2. The summed E-state index contributed by atoms with van der Waals surface area (Å²) in [5, 5.41) is 3.01. The van der Waals surface area contributed by atoms with Gasteiger partial charge in [-0.1, -0.05) is 47.5 Å². The molecule has 108 valence electrons. The van der Waals surface area contributed by atoms with Crippen molar-refractivity contribution in [2.45, 2.75) is 72.8 Å². The van der Waals surface area contributed by atoms with E-state index < -0.39 is 0 Å². The Balaban J connectivity index is 4.06. The van der Waals surface area contributed by atoms with Gasteiger partial charge in [-0.25, -0.2) is 0 Å². The van der Waals surface area contributed by atoms with Crippen LogP contribution in [0.15, 0.2) is 0 Å². The van der Waals surface area contributed by atoms with E-state index in [-0.39, 0.29) is 23.3 Å². The molecule has 0 radical (unpaired) electrons. The predicted octanol–water partition coefficient (Wildman–Crippen LogP) is 3.08. The molecule has 0 aliphatic carbocycles. The van der Waals surface area contributed by atoms with Crippen molar-refractivity contribution in [2.24, 2.45) is 17.1 Å². The highest BCUT2D eigenvalue weighted by molar-refractivity contribution is 5.78. The fraction of sp³-hybridized carbons (Fsp3) is 0.933. The second kappa shape index (κ2) is 8.52. The number of hydrogen-bond acceptors (Lipinski definition) is 2. The zero-order valence-electron chi connectivity index (χ0n) is 12.9. The maximum Gasteiger partial charge on any atom is 0.223 e. The van der Waals surface area contributed by atoms with E-state index in [1.54, 1.807) is 0 Å².